The first-order chi connectivity index (χ1) is 14.0. The summed E-state index contributed by atoms with van der Waals surface area (Å²) < 4.78 is 70.3. The highest BCUT2D eigenvalue weighted by Crippen LogP contribution is 2.39. The van der Waals surface area contributed by atoms with E-state index in [-0.39, 0.29) is 17.0 Å². The lowest BCUT2D eigenvalue weighted by Gasteiger charge is -2.38. The third-order valence-corrected chi connectivity index (χ3v) is 7.50. The highest BCUT2D eigenvalue weighted by Gasteiger charge is 2.49. The zero-order chi connectivity index (χ0) is 22.0. The van der Waals surface area contributed by atoms with Crippen molar-refractivity contribution in [2.45, 2.75) is 55.2 Å². The fourth-order valence-corrected chi connectivity index (χ4v) is 5.55. The first-order valence-corrected chi connectivity index (χ1v) is 11.0. The van der Waals surface area contributed by atoms with Crippen molar-refractivity contribution in [2.24, 2.45) is 0 Å². The molecule has 3 aliphatic rings. The van der Waals surface area contributed by atoms with Gasteiger partial charge in [-0.15, -0.1) is 0 Å². The number of ether oxygens (including phenoxy) is 2. The van der Waals surface area contributed by atoms with E-state index < -0.39 is 22.2 Å². The number of pyridine rings is 1. The molecule has 168 valence electrons. The number of alkyl halides is 3. The van der Waals surface area contributed by atoms with Crippen LogP contribution in [0.25, 0.3) is 0 Å². The normalized spacial score (nSPS) is 27.4. The third-order valence-electron chi connectivity index (χ3n) is 5.15. The van der Waals surface area contributed by atoms with Crippen molar-refractivity contribution in [3.8, 4) is 5.88 Å². The van der Waals surface area contributed by atoms with Gasteiger partial charge < -0.3 is 14.6 Å². The molecule has 30 heavy (non-hydrogen) atoms. The number of sulfonamides is 1. The number of halogens is 3. The average Bonchev–Trinajstić information content (AvgIpc) is 3.48. The van der Waals surface area contributed by atoms with E-state index in [4.69, 9.17) is 19.4 Å². The quantitative estimate of drug-likeness (QED) is 0.747. The Labute approximate surface area is 172 Å². The number of nitrogens with zero attached hydrogens (tertiary/aromatic N) is 2. The molecule has 0 aromatic carbocycles. The second-order valence-electron chi connectivity index (χ2n) is 7.59. The van der Waals surface area contributed by atoms with E-state index in [1.165, 1.54) is 0 Å². The third kappa shape index (κ3) is 5.61. The van der Waals surface area contributed by atoms with Crippen molar-refractivity contribution >= 4 is 16.0 Å². The van der Waals surface area contributed by atoms with Gasteiger partial charge in [-0.1, -0.05) is 6.07 Å². The van der Waals surface area contributed by atoms with Gasteiger partial charge >= 0.3 is 12.1 Å². The summed E-state index contributed by atoms with van der Waals surface area (Å²) in [5.41, 5.74) is -0.389. The number of piperidine rings is 1. The molecule has 1 aromatic rings. The molecule has 8 nitrogen and oxygen atoms in total. The number of rotatable bonds is 4. The molecule has 2 saturated heterocycles. The maximum atomic E-state index is 12.5. The van der Waals surface area contributed by atoms with Crippen molar-refractivity contribution in [1.29, 1.82) is 0 Å². The Bertz CT molecular complexity index is 847. The molecular weight excluding hydrogens is 429 g/mol. The van der Waals surface area contributed by atoms with Crippen molar-refractivity contribution in [3.63, 3.8) is 0 Å². The first-order valence-electron chi connectivity index (χ1n) is 9.53. The zero-order valence-electron chi connectivity index (χ0n) is 16.0. The number of carboxylic acid groups (broad SMARTS) is 1. The number of hydrogen-bond donors (Lipinski definition) is 1. The van der Waals surface area contributed by atoms with Crippen LogP contribution in [0.15, 0.2) is 24.4 Å². The predicted octanol–water partition coefficient (Wildman–Crippen LogP) is 2.21. The number of aromatic nitrogens is 1. The standard InChI is InChI=1S/C16H22N2O4S.C2HF3O2/c19-23(20,14-5-6-14)18-9-3-7-16(12-18)10-13(11-21-16)22-15-4-1-2-8-17-15;3-2(4,5)1(6)7/h1-2,4,8,13-14H,3,5-7,9-12H2;(H,6,7)/t13-,16+;/m1./s1. The van der Waals surface area contributed by atoms with E-state index in [2.05, 4.69) is 4.98 Å². The molecule has 1 N–H and O–H groups in total. The van der Waals surface area contributed by atoms with Gasteiger partial charge in [-0.2, -0.15) is 17.5 Å². The minimum absolute atomic E-state index is 0.0616. The molecule has 4 rings (SSSR count). The fraction of sp³-hybridized carbons (Fsp3) is 0.667. The van der Waals surface area contributed by atoms with E-state index in [1.54, 1.807) is 10.5 Å². The lowest BCUT2D eigenvalue weighted by atomic mass is 9.90. The Morgan fingerprint density at radius 3 is 2.60 bits per heavy atom. The molecule has 12 heteroatoms. The summed E-state index contributed by atoms with van der Waals surface area (Å²) >= 11 is 0. The van der Waals surface area contributed by atoms with Gasteiger partial charge in [-0.05, 0) is 31.7 Å². The highest BCUT2D eigenvalue weighted by molar-refractivity contribution is 7.90. The number of carboxylic acids is 1. The van der Waals surface area contributed by atoms with Crippen LogP contribution in [-0.2, 0) is 19.6 Å². The summed E-state index contributed by atoms with van der Waals surface area (Å²) in [7, 11) is -3.13. The van der Waals surface area contributed by atoms with Crippen molar-refractivity contribution < 1.29 is 41.0 Å². The molecule has 2 aliphatic heterocycles. The summed E-state index contributed by atoms with van der Waals surface area (Å²) in [6.07, 6.45) is 0.629. The minimum atomic E-state index is -5.08. The van der Waals surface area contributed by atoms with E-state index in [1.807, 2.05) is 18.2 Å². The van der Waals surface area contributed by atoms with Gasteiger partial charge in [-0.25, -0.2) is 18.2 Å². The smallest absolute Gasteiger partial charge is 0.475 e. The fourth-order valence-electron chi connectivity index (χ4n) is 3.60. The summed E-state index contributed by atoms with van der Waals surface area (Å²) in [5.74, 6) is -2.16. The van der Waals surface area contributed by atoms with Crippen LogP contribution in [0.4, 0.5) is 13.2 Å². The van der Waals surface area contributed by atoms with Gasteiger partial charge in [0, 0.05) is 31.8 Å². The van der Waals surface area contributed by atoms with Gasteiger partial charge in [0.2, 0.25) is 15.9 Å². The second kappa shape index (κ2) is 8.67. The predicted molar refractivity (Wildman–Crippen MR) is 98.4 cm³/mol. The molecule has 3 fully saturated rings. The monoisotopic (exact) mass is 452 g/mol. The van der Waals surface area contributed by atoms with Gasteiger partial charge in [-0.3, -0.25) is 0 Å². The average molecular weight is 452 g/mol. The topological polar surface area (TPSA) is 106 Å². The second-order valence-corrected chi connectivity index (χ2v) is 9.80. The van der Waals surface area contributed by atoms with Crippen LogP contribution in [0.5, 0.6) is 5.88 Å². The Hall–Kier alpha value is -1.92. The SMILES string of the molecule is O=C(O)C(F)(F)F.O=S(=O)(C1CC1)N1CCC[C@]2(C[C@@H](Oc3ccccn3)CO2)C1. The summed E-state index contributed by atoms with van der Waals surface area (Å²) in [6.45, 7) is 1.58. The number of aliphatic carboxylic acids is 1. The van der Waals surface area contributed by atoms with Crippen LogP contribution in [0.1, 0.15) is 32.1 Å². The van der Waals surface area contributed by atoms with Crippen LogP contribution >= 0.6 is 0 Å². The summed E-state index contributed by atoms with van der Waals surface area (Å²) in [4.78, 5) is 13.1. The van der Waals surface area contributed by atoms with Crippen LogP contribution in [0, 0.1) is 0 Å². The largest absolute Gasteiger partial charge is 0.490 e. The maximum absolute atomic E-state index is 12.5. The lowest BCUT2D eigenvalue weighted by molar-refractivity contribution is -0.192. The van der Waals surface area contributed by atoms with Crippen molar-refractivity contribution in [3.05, 3.63) is 24.4 Å². The molecule has 0 radical (unpaired) electrons. The van der Waals surface area contributed by atoms with E-state index >= 15 is 0 Å². The molecule has 0 bridgehead atoms. The molecule has 0 unspecified atom stereocenters. The maximum Gasteiger partial charge on any atom is 0.490 e. The Morgan fingerprint density at radius 1 is 1.33 bits per heavy atom. The first kappa shape index (κ1) is 22.8. The highest BCUT2D eigenvalue weighted by atomic mass is 32.2. The Kier molecular flexibility index (Phi) is 6.58. The lowest BCUT2D eigenvalue weighted by Crippen LogP contribution is -2.51. The van der Waals surface area contributed by atoms with Gasteiger partial charge in [0.25, 0.3) is 0 Å². The van der Waals surface area contributed by atoms with Gasteiger partial charge in [0.05, 0.1) is 17.5 Å². The van der Waals surface area contributed by atoms with Crippen molar-refractivity contribution in [1.82, 2.24) is 9.29 Å². The zero-order valence-corrected chi connectivity index (χ0v) is 16.9. The Balaban J connectivity index is 0.000000318. The minimum Gasteiger partial charge on any atom is -0.475 e. The number of carbonyl (C=O) groups is 1. The molecule has 0 amide bonds. The van der Waals surface area contributed by atoms with Crippen LogP contribution in [-0.4, -0.2) is 71.6 Å². The molecule has 1 spiro atoms. The Morgan fingerprint density at radius 2 is 2.03 bits per heavy atom. The molecule has 3 heterocycles. The van der Waals surface area contributed by atoms with Crippen LogP contribution in [0.2, 0.25) is 0 Å². The molecular formula is C18H23F3N2O6S. The van der Waals surface area contributed by atoms with E-state index in [0.29, 0.717) is 25.6 Å². The van der Waals surface area contributed by atoms with Gasteiger partial charge in [0.1, 0.15) is 6.10 Å². The van der Waals surface area contributed by atoms with Crippen LogP contribution < -0.4 is 4.74 Å². The molecule has 1 aliphatic carbocycles. The van der Waals surface area contributed by atoms with Crippen LogP contribution in [0.3, 0.4) is 0 Å². The van der Waals surface area contributed by atoms with E-state index in [0.717, 1.165) is 32.1 Å². The summed E-state index contributed by atoms with van der Waals surface area (Å²) in [6, 6.07) is 5.56. The molecule has 1 aromatic heterocycles. The van der Waals surface area contributed by atoms with Gasteiger partial charge in [0.15, 0.2) is 0 Å². The number of hydrogen-bond acceptors (Lipinski definition) is 6. The van der Waals surface area contributed by atoms with Crippen molar-refractivity contribution in [2.75, 3.05) is 19.7 Å². The molecule has 1 saturated carbocycles. The summed E-state index contributed by atoms with van der Waals surface area (Å²) in [5, 5.41) is 6.97. The van der Waals surface area contributed by atoms with E-state index in [9.17, 15) is 21.6 Å². The molecule has 2 atom stereocenters.